The lowest BCUT2D eigenvalue weighted by molar-refractivity contribution is 0.354. The average Bonchev–Trinajstić information content (AvgIpc) is 3.61. The molecule has 4 heterocycles. The van der Waals surface area contributed by atoms with Crippen molar-refractivity contribution in [1.82, 2.24) is 19.6 Å². The molecule has 0 saturated carbocycles. The number of ether oxygens (including phenoxy) is 3. The Morgan fingerprint density at radius 3 is 2.64 bits per heavy atom. The van der Waals surface area contributed by atoms with Crippen LogP contribution in [0.5, 0.6) is 23.1 Å². The summed E-state index contributed by atoms with van der Waals surface area (Å²) < 4.78 is 24.8. The van der Waals surface area contributed by atoms with Crippen molar-refractivity contribution in [3.05, 3.63) is 96.0 Å². The summed E-state index contributed by atoms with van der Waals surface area (Å²) in [6.45, 7) is 0. The molecule has 1 aliphatic heterocycles. The van der Waals surface area contributed by atoms with Crippen LogP contribution in [0.2, 0.25) is 0 Å². The molecule has 1 aliphatic rings. The zero-order chi connectivity index (χ0) is 24.2. The normalized spacial score (nSPS) is 14.3. The predicted octanol–water partition coefficient (Wildman–Crippen LogP) is 5.84. The number of hydrogen-bond acceptors (Lipinski definition) is 7. The summed E-state index contributed by atoms with van der Waals surface area (Å²) in [5.41, 5.74) is 3.46. The molecule has 6 aromatic rings. The highest BCUT2D eigenvalue weighted by Crippen LogP contribution is 2.51. The largest absolute Gasteiger partial charge is 0.493 e. The molecular formula is C28H20N4O4. The van der Waals surface area contributed by atoms with Crippen molar-refractivity contribution in [3.63, 3.8) is 0 Å². The predicted molar refractivity (Wildman–Crippen MR) is 133 cm³/mol. The van der Waals surface area contributed by atoms with Gasteiger partial charge in [0.05, 0.1) is 26.0 Å². The first kappa shape index (κ1) is 20.5. The van der Waals surface area contributed by atoms with E-state index in [1.807, 2.05) is 42.5 Å². The zero-order valence-electron chi connectivity index (χ0n) is 19.5. The number of benzene rings is 3. The van der Waals surface area contributed by atoms with Gasteiger partial charge in [0.25, 0.3) is 0 Å². The number of nitrogens with zero attached hydrogens (tertiary/aromatic N) is 4. The molecule has 176 valence electrons. The van der Waals surface area contributed by atoms with Gasteiger partial charge in [-0.25, -0.2) is 14.5 Å². The summed E-state index contributed by atoms with van der Waals surface area (Å²) in [7, 11) is 3.26. The zero-order valence-corrected chi connectivity index (χ0v) is 19.5. The molecule has 0 fully saturated rings. The Balaban J connectivity index is 1.53. The minimum atomic E-state index is -0.238. The Morgan fingerprint density at radius 2 is 1.81 bits per heavy atom. The fraction of sp³-hybridized carbons (Fsp3) is 0.107. The van der Waals surface area contributed by atoms with Crippen molar-refractivity contribution >= 4 is 16.4 Å². The Hall–Kier alpha value is -4.85. The quantitative estimate of drug-likeness (QED) is 0.315. The molecule has 0 unspecified atom stereocenters. The van der Waals surface area contributed by atoms with Gasteiger partial charge in [-0.1, -0.05) is 42.5 Å². The van der Waals surface area contributed by atoms with Crippen LogP contribution in [-0.2, 0) is 0 Å². The summed E-state index contributed by atoms with van der Waals surface area (Å²) in [6.07, 6.45) is 3.22. The monoisotopic (exact) mass is 476 g/mol. The number of fused-ring (bicyclic) bond motifs is 6. The van der Waals surface area contributed by atoms with Crippen LogP contribution in [0.15, 0.2) is 83.7 Å². The third kappa shape index (κ3) is 2.97. The topological polar surface area (TPSA) is 83.9 Å². The van der Waals surface area contributed by atoms with Gasteiger partial charge in [-0.15, -0.1) is 5.10 Å². The molecule has 0 amide bonds. The summed E-state index contributed by atoms with van der Waals surface area (Å²) >= 11 is 0. The van der Waals surface area contributed by atoms with Crippen molar-refractivity contribution in [2.75, 3.05) is 14.2 Å². The molecule has 7 rings (SSSR count). The Morgan fingerprint density at radius 1 is 0.917 bits per heavy atom. The molecule has 8 nitrogen and oxygen atoms in total. The van der Waals surface area contributed by atoms with Crippen LogP contribution in [0.4, 0.5) is 0 Å². The molecule has 1 atom stereocenters. The van der Waals surface area contributed by atoms with Crippen LogP contribution in [0.3, 0.4) is 0 Å². The Bertz CT molecular complexity index is 1760. The molecule has 0 saturated heterocycles. The van der Waals surface area contributed by atoms with Crippen molar-refractivity contribution in [3.8, 4) is 34.7 Å². The van der Waals surface area contributed by atoms with Gasteiger partial charge in [0, 0.05) is 16.9 Å². The lowest BCUT2D eigenvalue weighted by Crippen LogP contribution is -2.15. The first-order valence-electron chi connectivity index (χ1n) is 11.5. The van der Waals surface area contributed by atoms with E-state index in [9.17, 15) is 0 Å². The number of furan rings is 1. The van der Waals surface area contributed by atoms with E-state index in [1.165, 1.54) is 0 Å². The second-order valence-corrected chi connectivity index (χ2v) is 8.50. The standard InChI is InChI=1S/C28H20N4O4/c1-33-20-12-10-17(14-22(20)34-2)23-19-11-9-16-6-3-4-7-18(16)25(19)36-28-24(23)27-30-26(21-8-5-13-35-21)31-32(27)15-29-28/h3-15,23H,1-2H3/t23-/m0/s1. The van der Waals surface area contributed by atoms with Gasteiger partial charge in [0.1, 0.15) is 12.1 Å². The maximum Gasteiger partial charge on any atom is 0.228 e. The van der Waals surface area contributed by atoms with Crippen molar-refractivity contribution in [2.45, 2.75) is 5.92 Å². The molecule has 0 aliphatic carbocycles. The molecular weight excluding hydrogens is 456 g/mol. The average molecular weight is 476 g/mol. The van der Waals surface area contributed by atoms with E-state index in [1.54, 1.807) is 31.3 Å². The van der Waals surface area contributed by atoms with Crippen LogP contribution >= 0.6 is 0 Å². The van der Waals surface area contributed by atoms with E-state index < -0.39 is 0 Å². The van der Waals surface area contributed by atoms with Gasteiger partial charge in [-0.3, -0.25) is 0 Å². The highest BCUT2D eigenvalue weighted by molar-refractivity contribution is 5.91. The minimum Gasteiger partial charge on any atom is -0.493 e. The lowest BCUT2D eigenvalue weighted by atomic mass is 9.82. The fourth-order valence-corrected chi connectivity index (χ4v) is 4.94. The molecule has 0 bridgehead atoms. The molecule has 3 aromatic heterocycles. The van der Waals surface area contributed by atoms with Crippen LogP contribution in [0, 0.1) is 0 Å². The minimum absolute atomic E-state index is 0.238. The Kier molecular flexibility index (Phi) is 4.47. The second kappa shape index (κ2) is 7.84. The molecule has 0 radical (unpaired) electrons. The van der Waals surface area contributed by atoms with Gasteiger partial charge < -0.3 is 18.6 Å². The number of aromatic nitrogens is 4. The van der Waals surface area contributed by atoms with Gasteiger partial charge in [0.15, 0.2) is 22.9 Å². The summed E-state index contributed by atoms with van der Waals surface area (Å²) in [6, 6.07) is 22.0. The molecule has 0 spiro atoms. The van der Waals surface area contributed by atoms with Gasteiger partial charge in [0.2, 0.25) is 11.7 Å². The SMILES string of the molecule is COc1ccc([C@H]2c3ccc4ccccc4c3Oc3ncn4nc(-c5ccco5)nc4c32)cc1OC. The van der Waals surface area contributed by atoms with E-state index in [4.69, 9.17) is 23.6 Å². The maximum atomic E-state index is 6.48. The summed E-state index contributed by atoms with van der Waals surface area (Å²) in [4.78, 5) is 9.49. The highest BCUT2D eigenvalue weighted by Gasteiger charge is 2.35. The third-order valence-electron chi connectivity index (χ3n) is 6.58. The number of rotatable bonds is 4. The van der Waals surface area contributed by atoms with Crippen LogP contribution in [0.25, 0.3) is 28.0 Å². The Labute approximate surface area is 205 Å². The third-order valence-corrected chi connectivity index (χ3v) is 6.58. The maximum absolute atomic E-state index is 6.48. The van der Waals surface area contributed by atoms with Crippen LogP contribution < -0.4 is 14.2 Å². The van der Waals surface area contributed by atoms with Gasteiger partial charge in [-0.05, 0) is 35.2 Å². The van der Waals surface area contributed by atoms with E-state index in [0.717, 1.165) is 33.2 Å². The first-order chi connectivity index (χ1) is 17.7. The smallest absolute Gasteiger partial charge is 0.228 e. The number of hydrogen-bond donors (Lipinski definition) is 0. The fourth-order valence-electron chi connectivity index (χ4n) is 4.94. The van der Waals surface area contributed by atoms with Gasteiger partial charge in [-0.2, -0.15) is 0 Å². The molecule has 3 aromatic carbocycles. The van der Waals surface area contributed by atoms with E-state index in [2.05, 4.69) is 34.3 Å². The molecule has 0 N–H and O–H groups in total. The van der Waals surface area contributed by atoms with E-state index in [-0.39, 0.29) is 5.92 Å². The summed E-state index contributed by atoms with van der Waals surface area (Å²) in [5.74, 6) is 3.39. The first-order valence-corrected chi connectivity index (χ1v) is 11.5. The van der Waals surface area contributed by atoms with Crippen molar-refractivity contribution < 1.29 is 18.6 Å². The summed E-state index contributed by atoms with van der Waals surface area (Å²) in [5, 5.41) is 6.72. The van der Waals surface area contributed by atoms with E-state index in [0.29, 0.717) is 34.6 Å². The lowest BCUT2D eigenvalue weighted by Gasteiger charge is -2.29. The number of methoxy groups -OCH3 is 2. The molecule has 8 heteroatoms. The molecule has 36 heavy (non-hydrogen) atoms. The van der Waals surface area contributed by atoms with Gasteiger partial charge >= 0.3 is 0 Å². The van der Waals surface area contributed by atoms with Crippen molar-refractivity contribution in [1.29, 1.82) is 0 Å². The van der Waals surface area contributed by atoms with E-state index >= 15 is 0 Å². The van der Waals surface area contributed by atoms with Crippen molar-refractivity contribution in [2.24, 2.45) is 0 Å². The van der Waals surface area contributed by atoms with Crippen LogP contribution in [0.1, 0.15) is 22.6 Å². The van der Waals surface area contributed by atoms with Crippen LogP contribution in [-0.4, -0.2) is 33.8 Å². The second-order valence-electron chi connectivity index (χ2n) is 8.50. The highest BCUT2D eigenvalue weighted by atomic mass is 16.5.